The fourth-order valence-electron chi connectivity index (χ4n) is 8.02. The number of hydrogen-bond donors (Lipinski definition) is 0. The van der Waals surface area contributed by atoms with Gasteiger partial charge in [0.1, 0.15) is 11.2 Å². The molecule has 56 heavy (non-hydrogen) atoms. The molecule has 11 rings (SSSR count). The Morgan fingerprint density at radius 2 is 0.929 bits per heavy atom. The van der Waals surface area contributed by atoms with Crippen LogP contribution in [0.25, 0.3) is 106 Å². The first-order valence-electron chi connectivity index (χ1n) is 18.8. The molecule has 0 fully saturated rings. The van der Waals surface area contributed by atoms with Crippen molar-refractivity contribution >= 4 is 43.7 Å². The van der Waals surface area contributed by atoms with Crippen molar-refractivity contribution in [2.45, 2.75) is 0 Å². The summed E-state index contributed by atoms with van der Waals surface area (Å²) in [6, 6.07) is 67.4. The van der Waals surface area contributed by atoms with Crippen LogP contribution in [0.3, 0.4) is 0 Å². The number of fused-ring (bicyclic) bond motifs is 6. The van der Waals surface area contributed by atoms with Crippen molar-refractivity contribution in [1.29, 1.82) is 0 Å². The zero-order valence-corrected chi connectivity index (χ0v) is 30.2. The number of nitrogens with zero attached hydrogens (tertiary/aromatic N) is 4. The number of aromatic nitrogens is 4. The summed E-state index contributed by atoms with van der Waals surface area (Å²) < 4.78 is 9.00. The maximum absolute atomic E-state index is 6.65. The standard InChI is InChI=1S/C51H32N4O/c1-4-14-33(15-5-1)36-26-29-45-43(31-36)41-22-10-11-24-44(41)55(45)39-27-28-42-47(32-39)56-46-25-13-23-40(48(42)46)37-20-12-21-38(30-37)51-53-49(34-16-6-2-7-17-34)52-50(54-51)35-18-8-3-9-19-35/h1-32H. The molecule has 8 aromatic carbocycles. The molecule has 5 heteroatoms. The number of para-hydroxylation sites is 1. The largest absolute Gasteiger partial charge is 0.456 e. The summed E-state index contributed by atoms with van der Waals surface area (Å²) in [5.41, 5.74) is 12.4. The molecule has 0 amide bonds. The van der Waals surface area contributed by atoms with E-state index in [0.717, 1.165) is 66.5 Å². The van der Waals surface area contributed by atoms with Crippen LogP contribution in [0.2, 0.25) is 0 Å². The second kappa shape index (κ2) is 13.0. The molecule has 0 bridgehead atoms. The van der Waals surface area contributed by atoms with Crippen LogP contribution in [0.4, 0.5) is 0 Å². The maximum Gasteiger partial charge on any atom is 0.164 e. The average Bonchev–Trinajstić information content (AvgIpc) is 3.82. The lowest BCUT2D eigenvalue weighted by molar-refractivity contribution is 0.668. The van der Waals surface area contributed by atoms with Crippen LogP contribution in [0, 0.1) is 0 Å². The lowest BCUT2D eigenvalue weighted by Crippen LogP contribution is -2.00. The SMILES string of the molecule is c1ccc(-c2ccc3c(c2)c2ccccc2n3-c2ccc3c(c2)oc2cccc(-c4cccc(-c5nc(-c6ccccc6)nc(-c6ccccc6)n5)c4)c23)cc1. The van der Waals surface area contributed by atoms with Gasteiger partial charge in [-0.25, -0.2) is 15.0 Å². The number of rotatable bonds is 6. The smallest absolute Gasteiger partial charge is 0.164 e. The van der Waals surface area contributed by atoms with Gasteiger partial charge in [-0.05, 0) is 64.7 Å². The summed E-state index contributed by atoms with van der Waals surface area (Å²) in [6.45, 7) is 0. The Bertz CT molecular complexity index is 3180. The monoisotopic (exact) mass is 716 g/mol. The zero-order chi connectivity index (χ0) is 37.0. The van der Waals surface area contributed by atoms with Crippen LogP contribution in [-0.4, -0.2) is 19.5 Å². The summed E-state index contributed by atoms with van der Waals surface area (Å²) in [5.74, 6) is 1.90. The fourth-order valence-corrected chi connectivity index (χ4v) is 8.02. The quantitative estimate of drug-likeness (QED) is 0.172. The Morgan fingerprint density at radius 1 is 0.339 bits per heavy atom. The summed E-state index contributed by atoms with van der Waals surface area (Å²) in [7, 11) is 0. The third-order valence-corrected chi connectivity index (χ3v) is 10.6. The average molecular weight is 717 g/mol. The van der Waals surface area contributed by atoms with E-state index in [9.17, 15) is 0 Å². The van der Waals surface area contributed by atoms with Gasteiger partial charge in [0.25, 0.3) is 0 Å². The van der Waals surface area contributed by atoms with E-state index in [1.807, 2.05) is 60.7 Å². The lowest BCUT2D eigenvalue weighted by atomic mass is 9.97. The Labute approximate surface area is 322 Å². The highest BCUT2D eigenvalue weighted by Gasteiger charge is 2.18. The molecule has 3 aromatic heterocycles. The van der Waals surface area contributed by atoms with E-state index in [4.69, 9.17) is 19.4 Å². The molecule has 0 unspecified atom stereocenters. The summed E-state index contributed by atoms with van der Waals surface area (Å²) >= 11 is 0. The first-order valence-corrected chi connectivity index (χ1v) is 18.8. The van der Waals surface area contributed by atoms with Gasteiger partial charge in [0.15, 0.2) is 17.5 Å². The van der Waals surface area contributed by atoms with Crippen molar-refractivity contribution in [2.24, 2.45) is 0 Å². The Kier molecular flexibility index (Phi) is 7.42. The molecule has 5 nitrogen and oxygen atoms in total. The van der Waals surface area contributed by atoms with Gasteiger partial charge in [0.2, 0.25) is 0 Å². The van der Waals surface area contributed by atoms with Crippen LogP contribution in [0.15, 0.2) is 199 Å². The first-order chi connectivity index (χ1) is 27.7. The van der Waals surface area contributed by atoms with E-state index < -0.39 is 0 Å². The first kappa shape index (κ1) is 31.9. The van der Waals surface area contributed by atoms with Crippen LogP contribution in [0.1, 0.15) is 0 Å². The Hall–Kier alpha value is -7.63. The van der Waals surface area contributed by atoms with Crippen molar-refractivity contribution in [3.8, 4) is 62.1 Å². The van der Waals surface area contributed by atoms with E-state index in [0.29, 0.717) is 17.5 Å². The van der Waals surface area contributed by atoms with Crippen LogP contribution < -0.4 is 0 Å². The third kappa shape index (κ3) is 5.37. The van der Waals surface area contributed by atoms with Crippen molar-refractivity contribution in [3.63, 3.8) is 0 Å². The second-order valence-electron chi connectivity index (χ2n) is 14.0. The molecule has 0 aliphatic carbocycles. The molecule has 3 heterocycles. The lowest BCUT2D eigenvalue weighted by Gasteiger charge is -2.10. The van der Waals surface area contributed by atoms with E-state index in [1.54, 1.807) is 0 Å². The second-order valence-corrected chi connectivity index (χ2v) is 14.0. The molecule has 0 aliphatic rings. The van der Waals surface area contributed by atoms with Gasteiger partial charge in [-0.2, -0.15) is 0 Å². The summed E-state index contributed by atoms with van der Waals surface area (Å²) in [4.78, 5) is 14.9. The molecule has 0 aliphatic heterocycles. The normalized spacial score (nSPS) is 11.6. The third-order valence-electron chi connectivity index (χ3n) is 10.6. The molecule has 0 N–H and O–H groups in total. The van der Waals surface area contributed by atoms with Crippen molar-refractivity contribution < 1.29 is 4.42 Å². The topological polar surface area (TPSA) is 56.7 Å². The van der Waals surface area contributed by atoms with Gasteiger partial charge in [0, 0.05) is 50.0 Å². The molecule has 0 saturated carbocycles. The van der Waals surface area contributed by atoms with Crippen LogP contribution >= 0.6 is 0 Å². The van der Waals surface area contributed by atoms with Gasteiger partial charge >= 0.3 is 0 Å². The van der Waals surface area contributed by atoms with Gasteiger partial charge in [0.05, 0.1) is 11.0 Å². The van der Waals surface area contributed by atoms with Gasteiger partial charge < -0.3 is 8.98 Å². The Balaban J connectivity index is 1.03. The van der Waals surface area contributed by atoms with Crippen molar-refractivity contribution in [2.75, 3.05) is 0 Å². The minimum absolute atomic E-state index is 0.621. The maximum atomic E-state index is 6.65. The minimum atomic E-state index is 0.621. The van der Waals surface area contributed by atoms with Crippen LogP contribution in [-0.2, 0) is 0 Å². The van der Waals surface area contributed by atoms with Gasteiger partial charge in [-0.3, -0.25) is 0 Å². The number of hydrogen-bond acceptors (Lipinski definition) is 4. The molecule has 0 atom stereocenters. The highest BCUT2D eigenvalue weighted by molar-refractivity contribution is 6.14. The predicted molar refractivity (Wildman–Crippen MR) is 229 cm³/mol. The number of benzene rings is 8. The molecule has 0 spiro atoms. The van der Waals surface area contributed by atoms with Crippen LogP contribution in [0.5, 0.6) is 0 Å². The zero-order valence-electron chi connectivity index (χ0n) is 30.2. The van der Waals surface area contributed by atoms with E-state index in [2.05, 4.69) is 138 Å². The molecular formula is C51H32N4O. The highest BCUT2D eigenvalue weighted by Crippen LogP contribution is 2.40. The molecule has 0 radical (unpaired) electrons. The molecular weight excluding hydrogens is 685 g/mol. The van der Waals surface area contributed by atoms with Gasteiger partial charge in [-0.15, -0.1) is 0 Å². The van der Waals surface area contributed by atoms with Crippen molar-refractivity contribution in [3.05, 3.63) is 194 Å². The highest BCUT2D eigenvalue weighted by atomic mass is 16.3. The fraction of sp³-hybridized carbons (Fsp3) is 0. The molecule has 0 saturated heterocycles. The molecule has 11 aromatic rings. The van der Waals surface area contributed by atoms with Gasteiger partial charge in [-0.1, -0.05) is 146 Å². The van der Waals surface area contributed by atoms with Crippen molar-refractivity contribution in [1.82, 2.24) is 19.5 Å². The molecule has 262 valence electrons. The van der Waals surface area contributed by atoms with E-state index >= 15 is 0 Å². The Morgan fingerprint density at radius 3 is 1.66 bits per heavy atom. The van der Waals surface area contributed by atoms with E-state index in [-0.39, 0.29) is 0 Å². The predicted octanol–water partition coefficient (Wildman–Crippen LogP) is 13.2. The minimum Gasteiger partial charge on any atom is -0.456 e. The number of furan rings is 1. The summed E-state index contributed by atoms with van der Waals surface area (Å²) in [5, 5.41) is 4.58. The van der Waals surface area contributed by atoms with E-state index in [1.165, 1.54) is 21.9 Å². The summed E-state index contributed by atoms with van der Waals surface area (Å²) in [6.07, 6.45) is 0.